The van der Waals surface area contributed by atoms with Gasteiger partial charge in [-0.1, -0.05) is 13.8 Å². The molecule has 4 nitrogen and oxygen atoms in total. The summed E-state index contributed by atoms with van der Waals surface area (Å²) in [6, 6.07) is 3.73. The monoisotopic (exact) mass is 234 g/mol. The lowest BCUT2D eigenvalue weighted by atomic mass is 10.2. The molecule has 2 aromatic heterocycles. The minimum Gasteiger partial charge on any atom is -0.309 e. The summed E-state index contributed by atoms with van der Waals surface area (Å²) in [5.41, 5.74) is 2.35. The van der Waals surface area contributed by atoms with E-state index in [0.717, 1.165) is 5.69 Å². The molecule has 0 aliphatic heterocycles. The van der Waals surface area contributed by atoms with Crippen LogP contribution in [-0.2, 0) is 6.54 Å². The van der Waals surface area contributed by atoms with Crippen molar-refractivity contribution >= 4 is 0 Å². The second-order valence-electron chi connectivity index (χ2n) is 4.21. The molecule has 0 saturated heterocycles. The van der Waals surface area contributed by atoms with Gasteiger partial charge in [0.1, 0.15) is 5.82 Å². The normalized spacial score (nSPS) is 11.1. The Balaban J connectivity index is 2.12. The highest BCUT2D eigenvalue weighted by Crippen LogP contribution is 2.17. The van der Waals surface area contributed by atoms with Crippen LogP contribution in [0.1, 0.15) is 19.5 Å². The summed E-state index contributed by atoms with van der Waals surface area (Å²) < 4.78 is 13.0. The van der Waals surface area contributed by atoms with Gasteiger partial charge in [-0.2, -0.15) is 5.10 Å². The summed E-state index contributed by atoms with van der Waals surface area (Å²) >= 11 is 0. The average Bonchev–Trinajstić information content (AvgIpc) is 2.75. The lowest BCUT2D eigenvalue weighted by Crippen LogP contribution is -2.21. The Kier molecular flexibility index (Phi) is 3.49. The van der Waals surface area contributed by atoms with Crippen LogP contribution < -0.4 is 5.32 Å². The average molecular weight is 234 g/mol. The molecule has 0 radical (unpaired) electrons. The van der Waals surface area contributed by atoms with Crippen LogP contribution in [0.4, 0.5) is 4.39 Å². The first-order valence-electron chi connectivity index (χ1n) is 5.54. The molecule has 0 atom stereocenters. The van der Waals surface area contributed by atoms with Crippen molar-refractivity contribution in [3.8, 4) is 11.3 Å². The first-order chi connectivity index (χ1) is 8.15. The lowest BCUT2D eigenvalue weighted by Gasteiger charge is -2.04. The fourth-order valence-electron chi connectivity index (χ4n) is 1.47. The largest absolute Gasteiger partial charge is 0.309 e. The van der Waals surface area contributed by atoms with Gasteiger partial charge in [0.25, 0.3) is 0 Å². The molecule has 2 N–H and O–H groups in total. The molecule has 0 saturated carbocycles. The van der Waals surface area contributed by atoms with Gasteiger partial charge in [0.2, 0.25) is 0 Å². The number of hydrogen-bond acceptors (Lipinski definition) is 3. The predicted octanol–water partition coefficient (Wildman–Crippen LogP) is 2.11. The molecule has 90 valence electrons. The first kappa shape index (κ1) is 11.7. The molecule has 2 aromatic rings. The Morgan fingerprint density at radius 3 is 2.88 bits per heavy atom. The van der Waals surface area contributed by atoms with Crippen molar-refractivity contribution in [2.45, 2.75) is 26.4 Å². The van der Waals surface area contributed by atoms with Gasteiger partial charge < -0.3 is 5.32 Å². The highest BCUT2D eigenvalue weighted by molar-refractivity contribution is 5.57. The summed E-state index contributed by atoms with van der Waals surface area (Å²) in [6.07, 6.45) is 2.77. The summed E-state index contributed by atoms with van der Waals surface area (Å²) in [5.74, 6) is -0.354. The van der Waals surface area contributed by atoms with Gasteiger partial charge in [0, 0.05) is 30.0 Å². The van der Waals surface area contributed by atoms with E-state index in [9.17, 15) is 4.39 Å². The Labute approximate surface area is 99.3 Å². The van der Waals surface area contributed by atoms with Crippen molar-refractivity contribution in [2.75, 3.05) is 0 Å². The van der Waals surface area contributed by atoms with Crippen molar-refractivity contribution < 1.29 is 4.39 Å². The quantitative estimate of drug-likeness (QED) is 0.851. The van der Waals surface area contributed by atoms with E-state index in [1.165, 1.54) is 12.3 Å². The van der Waals surface area contributed by atoms with Crippen LogP contribution in [0, 0.1) is 5.82 Å². The van der Waals surface area contributed by atoms with Crippen molar-refractivity contribution in [3.63, 3.8) is 0 Å². The molecule has 0 aromatic carbocycles. The van der Waals surface area contributed by atoms with E-state index in [4.69, 9.17) is 0 Å². The maximum absolute atomic E-state index is 13.0. The third-order valence-corrected chi connectivity index (χ3v) is 2.33. The number of halogens is 1. The van der Waals surface area contributed by atoms with Gasteiger partial charge in [-0.15, -0.1) is 0 Å². The maximum atomic E-state index is 13.0. The fraction of sp³-hybridized carbons (Fsp3) is 0.333. The molecule has 0 amide bonds. The lowest BCUT2D eigenvalue weighted by molar-refractivity contribution is 0.580. The third-order valence-electron chi connectivity index (χ3n) is 2.33. The standard InChI is InChI=1S/C12H15FN4/c1-8(2)15-7-11-4-12(17-16-11)9-3-10(13)6-14-5-9/h3-6,8,15H,7H2,1-2H3,(H,16,17). The molecular weight excluding hydrogens is 219 g/mol. The molecule has 0 bridgehead atoms. The van der Waals surface area contributed by atoms with Gasteiger partial charge in [-0.05, 0) is 12.1 Å². The Bertz CT molecular complexity index is 493. The van der Waals surface area contributed by atoms with Crippen LogP contribution in [0.25, 0.3) is 11.3 Å². The van der Waals surface area contributed by atoms with Crippen LogP contribution in [0.15, 0.2) is 24.5 Å². The van der Waals surface area contributed by atoms with Crippen LogP contribution in [-0.4, -0.2) is 21.2 Å². The van der Waals surface area contributed by atoms with E-state index in [1.807, 2.05) is 6.07 Å². The van der Waals surface area contributed by atoms with Crippen molar-refractivity contribution in [1.29, 1.82) is 0 Å². The Morgan fingerprint density at radius 1 is 1.35 bits per heavy atom. The van der Waals surface area contributed by atoms with E-state index in [1.54, 1.807) is 6.20 Å². The zero-order valence-electron chi connectivity index (χ0n) is 9.87. The van der Waals surface area contributed by atoms with E-state index in [-0.39, 0.29) is 5.82 Å². The number of rotatable bonds is 4. The molecule has 2 rings (SSSR count). The Morgan fingerprint density at radius 2 is 2.18 bits per heavy atom. The molecule has 5 heteroatoms. The van der Waals surface area contributed by atoms with Crippen LogP contribution in [0.5, 0.6) is 0 Å². The number of aromatic nitrogens is 3. The molecule has 2 heterocycles. The zero-order chi connectivity index (χ0) is 12.3. The first-order valence-corrected chi connectivity index (χ1v) is 5.54. The number of hydrogen-bond donors (Lipinski definition) is 2. The zero-order valence-corrected chi connectivity index (χ0v) is 9.87. The molecule has 0 fully saturated rings. The molecule has 0 spiro atoms. The van der Waals surface area contributed by atoms with E-state index in [2.05, 4.69) is 34.3 Å². The minimum absolute atomic E-state index is 0.354. The van der Waals surface area contributed by atoms with Gasteiger partial charge >= 0.3 is 0 Å². The molecule has 17 heavy (non-hydrogen) atoms. The topological polar surface area (TPSA) is 53.6 Å². The van der Waals surface area contributed by atoms with Gasteiger partial charge in [-0.3, -0.25) is 10.1 Å². The predicted molar refractivity (Wildman–Crippen MR) is 63.8 cm³/mol. The number of H-pyrrole nitrogens is 1. The second kappa shape index (κ2) is 5.05. The Hall–Kier alpha value is -1.75. The van der Waals surface area contributed by atoms with E-state index in [0.29, 0.717) is 23.8 Å². The van der Waals surface area contributed by atoms with Crippen LogP contribution >= 0.6 is 0 Å². The molecule has 0 aliphatic carbocycles. The van der Waals surface area contributed by atoms with Gasteiger partial charge in [0.05, 0.1) is 11.9 Å². The molecular formula is C12H15FN4. The summed E-state index contributed by atoms with van der Waals surface area (Å²) in [5, 5.41) is 10.3. The van der Waals surface area contributed by atoms with Gasteiger partial charge in [0.15, 0.2) is 0 Å². The number of aromatic amines is 1. The van der Waals surface area contributed by atoms with Crippen LogP contribution in [0.3, 0.4) is 0 Å². The summed E-state index contributed by atoms with van der Waals surface area (Å²) in [4.78, 5) is 3.80. The second-order valence-corrected chi connectivity index (χ2v) is 4.21. The third kappa shape index (κ3) is 3.10. The summed E-state index contributed by atoms with van der Waals surface area (Å²) in [7, 11) is 0. The number of nitrogens with zero attached hydrogens (tertiary/aromatic N) is 2. The highest BCUT2D eigenvalue weighted by Gasteiger charge is 2.05. The maximum Gasteiger partial charge on any atom is 0.142 e. The van der Waals surface area contributed by atoms with Crippen molar-refractivity contribution in [2.24, 2.45) is 0 Å². The van der Waals surface area contributed by atoms with Crippen LogP contribution in [0.2, 0.25) is 0 Å². The van der Waals surface area contributed by atoms with Crippen molar-refractivity contribution in [3.05, 3.63) is 36.0 Å². The minimum atomic E-state index is -0.354. The fourth-order valence-corrected chi connectivity index (χ4v) is 1.47. The van der Waals surface area contributed by atoms with E-state index < -0.39 is 0 Å². The SMILES string of the molecule is CC(C)NCc1cc(-c2cncc(F)c2)n[nH]1. The molecule has 0 aliphatic rings. The molecule has 0 unspecified atom stereocenters. The van der Waals surface area contributed by atoms with Gasteiger partial charge in [-0.25, -0.2) is 4.39 Å². The highest BCUT2D eigenvalue weighted by atomic mass is 19.1. The van der Waals surface area contributed by atoms with Crippen molar-refractivity contribution in [1.82, 2.24) is 20.5 Å². The number of pyridine rings is 1. The summed E-state index contributed by atoms with van der Waals surface area (Å²) in [6.45, 7) is 4.87. The number of nitrogens with one attached hydrogen (secondary N) is 2. The smallest absolute Gasteiger partial charge is 0.142 e. The van der Waals surface area contributed by atoms with E-state index >= 15 is 0 Å².